The van der Waals surface area contributed by atoms with Gasteiger partial charge in [-0.25, -0.2) is 4.98 Å². The number of rotatable bonds is 3. The molecule has 0 amide bonds. The lowest BCUT2D eigenvalue weighted by atomic mass is 10.1. The van der Waals surface area contributed by atoms with E-state index in [2.05, 4.69) is 43.4 Å². The van der Waals surface area contributed by atoms with Gasteiger partial charge in [0.1, 0.15) is 22.9 Å². The number of aryl methyl sites for hydroxylation is 2. The van der Waals surface area contributed by atoms with Gasteiger partial charge in [-0.15, -0.1) is 0 Å². The first kappa shape index (κ1) is 15.3. The van der Waals surface area contributed by atoms with Crippen molar-refractivity contribution in [2.24, 2.45) is 0 Å². The van der Waals surface area contributed by atoms with Crippen LogP contribution in [-0.4, -0.2) is 14.5 Å². The maximum absolute atomic E-state index is 9.86. The standard InChI is InChI=1S/C21H19N3O/c1-14-10-11-24-19(12-14)23-20(16-7-5-8-17(25)13-16)21(24)22-18-9-4-3-6-15(18)2/h3-13,22,25H,1-2H3. The number of phenolic OH excluding ortho intramolecular Hbond substituents is 1. The van der Waals surface area contributed by atoms with Crippen LogP contribution in [0.2, 0.25) is 0 Å². The monoisotopic (exact) mass is 329 g/mol. The smallest absolute Gasteiger partial charge is 0.143 e. The molecular formula is C21H19N3O. The number of fused-ring (bicyclic) bond motifs is 1. The van der Waals surface area contributed by atoms with Crippen LogP contribution in [0.15, 0.2) is 66.9 Å². The molecule has 0 radical (unpaired) electrons. The first-order valence-corrected chi connectivity index (χ1v) is 8.22. The van der Waals surface area contributed by atoms with Crippen LogP contribution < -0.4 is 5.32 Å². The summed E-state index contributed by atoms with van der Waals surface area (Å²) < 4.78 is 2.04. The van der Waals surface area contributed by atoms with Crippen molar-refractivity contribution in [3.63, 3.8) is 0 Å². The Hall–Kier alpha value is -3.27. The molecule has 0 aliphatic rings. The Morgan fingerprint density at radius 1 is 0.960 bits per heavy atom. The van der Waals surface area contributed by atoms with Crippen LogP contribution in [0.5, 0.6) is 5.75 Å². The van der Waals surface area contributed by atoms with Gasteiger partial charge in [-0.1, -0.05) is 30.3 Å². The van der Waals surface area contributed by atoms with Gasteiger partial charge in [-0.05, 0) is 55.3 Å². The lowest BCUT2D eigenvalue weighted by Crippen LogP contribution is -1.98. The van der Waals surface area contributed by atoms with E-state index in [1.54, 1.807) is 12.1 Å². The molecule has 0 spiro atoms. The van der Waals surface area contributed by atoms with Gasteiger partial charge >= 0.3 is 0 Å². The van der Waals surface area contributed by atoms with Crippen molar-refractivity contribution in [1.29, 1.82) is 0 Å². The number of phenols is 1. The van der Waals surface area contributed by atoms with Crippen LogP contribution in [0, 0.1) is 13.8 Å². The second kappa shape index (κ2) is 5.98. The second-order valence-corrected chi connectivity index (χ2v) is 6.23. The van der Waals surface area contributed by atoms with Crippen molar-refractivity contribution in [3.8, 4) is 17.0 Å². The van der Waals surface area contributed by atoms with E-state index in [9.17, 15) is 5.11 Å². The minimum Gasteiger partial charge on any atom is -0.508 e. The highest BCUT2D eigenvalue weighted by atomic mass is 16.3. The maximum Gasteiger partial charge on any atom is 0.143 e. The molecule has 0 saturated carbocycles. The predicted molar refractivity (Wildman–Crippen MR) is 101 cm³/mol. The summed E-state index contributed by atoms with van der Waals surface area (Å²) in [6, 6.07) is 19.5. The third-order valence-corrected chi connectivity index (χ3v) is 4.30. The zero-order valence-electron chi connectivity index (χ0n) is 14.2. The third-order valence-electron chi connectivity index (χ3n) is 4.30. The van der Waals surface area contributed by atoms with E-state index in [0.717, 1.165) is 39.5 Å². The summed E-state index contributed by atoms with van der Waals surface area (Å²) in [5.41, 5.74) is 5.90. The van der Waals surface area contributed by atoms with Gasteiger partial charge in [0.2, 0.25) is 0 Å². The van der Waals surface area contributed by atoms with Crippen molar-refractivity contribution in [3.05, 3.63) is 78.0 Å². The molecule has 0 fully saturated rings. The molecule has 25 heavy (non-hydrogen) atoms. The number of imidazole rings is 1. The van der Waals surface area contributed by atoms with Crippen LogP contribution in [0.4, 0.5) is 11.5 Å². The Bertz CT molecular complexity index is 1070. The molecule has 0 bridgehead atoms. The van der Waals surface area contributed by atoms with Crippen LogP contribution in [0.25, 0.3) is 16.9 Å². The zero-order chi connectivity index (χ0) is 17.4. The topological polar surface area (TPSA) is 49.6 Å². The number of benzene rings is 2. The molecular weight excluding hydrogens is 310 g/mol. The molecule has 0 aliphatic carbocycles. The largest absolute Gasteiger partial charge is 0.508 e. The Morgan fingerprint density at radius 2 is 1.80 bits per heavy atom. The first-order chi connectivity index (χ1) is 12.1. The molecule has 2 aromatic carbocycles. The average Bonchev–Trinajstić information content (AvgIpc) is 2.94. The van der Waals surface area contributed by atoms with Crippen molar-refractivity contribution in [2.75, 3.05) is 5.32 Å². The lowest BCUT2D eigenvalue weighted by molar-refractivity contribution is 0.475. The Labute approximate surface area is 146 Å². The van der Waals surface area contributed by atoms with Crippen molar-refractivity contribution < 1.29 is 5.11 Å². The molecule has 0 saturated heterocycles. The van der Waals surface area contributed by atoms with Gasteiger partial charge in [-0.2, -0.15) is 0 Å². The van der Waals surface area contributed by atoms with Crippen molar-refractivity contribution in [2.45, 2.75) is 13.8 Å². The lowest BCUT2D eigenvalue weighted by Gasteiger charge is -2.11. The number of pyridine rings is 1. The maximum atomic E-state index is 9.86. The molecule has 0 atom stereocenters. The summed E-state index contributed by atoms with van der Waals surface area (Å²) >= 11 is 0. The molecule has 4 rings (SSSR count). The number of nitrogens with one attached hydrogen (secondary N) is 1. The summed E-state index contributed by atoms with van der Waals surface area (Å²) in [6.45, 7) is 4.13. The first-order valence-electron chi connectivity index (χ1n) is 8.22. The molecule has 2 aromatic heterocycles. The van der Waals surface area contributed by atoms with E-state index in [-0.39, 0.29) is 5.75 Å². The molecule has 4 nitrogen and oxygen atoms in total. The Morgan fingerprint density at radius 3 is 2.60 bits per heavy atom. The summed E-state index contributed by atoms with van der Waals surface area (Å²) in [4.78, 5) is 4.80. The number of hydrogen-bond acceptors (Lipinski definition) is 3. The SMILES string of the molecule is Cc1ccn2c(Nc3ccccc3C)c(-c3cccc(O)c3)nc2c1. The number of nitrogens with zero attached hydrogens (tertiary/aromatic N) is 2. The summed E-state index contributed by atoms with van der Waals surface area (Å²) in [5, 5.41) is 13.4. The quantitative estimate of drug-likeness (QED) is 0.552. The molecule has 2 heterocycles. The number of anilines is 2. The van der Waals surface area contributed by atoms with E-state index >= 15 is 0 Å². The summed E-state index contributed by atoms with van der Waals surface area (Å²) in [6.07, 6.45) is 2.02. The molecule has 0 unspecified atom stereocenters. The number of para-hydroxylation sites is 1. The molecule has 2 N–H and O–H groups in total. The van der Waals surface area contributed by atoms with Gasteiger partial charge < -0.3 is 10.4 Å². The van der Waals surface area contributed by atoms with Crippen LogP contribution in [0.1, 0.15) is 11.1 Å². The van der Waals surface area contributed by atoms with Gasteiger partial charge in [0.05, 0.1) is 0 Å². The predicted octanol–water partition coefficient (Wildman–Crippen LogP) is 5.07. The molecule has 0 aliphatic heterocycles. The molecule has 124 valence electrons. The summed E-state index contributed by atoms with van der Waals surface area (Å²) in [7, 11) is 0. The fourth-order valence-electron chi connectivity index (χ4n) is 2.96. The Balaban J connectivity index is 1.94. The fraction of sp³-hybridized carbons (Fsp3) is 0.0952. The van der Waals surface area contributed by atoms with Crippen molar-refractivity contribution >= 4 is 17.2 Å². The van der Waals surface area contributed by atoms with Gasteiger partial charge in [0.15, 0.2) is 0 Å². The molecule has 4 heteroatoms. The highest BCUT2D eigenvalue weighted by Gasteiger charge is 2.15. The zero-order valence-corrected chi connectivity index (χ0v) is 14.2. The molecule has 4 aromatic rings. The van der Waals surface area contributed by atoms with Crippen LogP contribution in [0.3, 0.4) is 0 Å². The highest BCUT2D eigenvalue weighted by molar-refractivity contribution is 5.80. The van der Waals surface area contributed by atoms with Crippen LogP contribution in [-0.2, 0) is 0 Å². The average molecular weight is 329 g/mol. The van der Waals surface area contributed by atoms with Gasteiger partial charge in [-0.3, -0.25) is 4.40 Å². The van der Waals surface area contributed by atoms with E-state index in [1.165, 1.54) is 0 Å². The van der Waals surface area contributed by atoms with Crippen molar-refractivity contribution in [1.82, 2.24) is 9.38 Å². The van der Waals surface area contributed by atoms with E-state index < -0.39 is 0 Å². The fourth-order valence-corrected chi connectivity index (χ4v) is 2.96. The van der Waals surface area contributed by atoms with Crippen LogP contribution >= 0.6 is 0 Å². The number of aromatic hydroxyl groups is 1. The number of hydrogen-bond donors (Lipinski definition) is 2. The highest BCUT2D eigenvalue weighted by Crippen LogP contribution is 2.33. The second-order valence-electron chi connectivity index (χ2n) is 6.23. The minimum absolute atomic E-state index is 0.229. The third kappa shape index (κ3) is 2.83. The minimum atomic E-state index is 0.229. The number of aromatic nitrogens is 2. The van der Waals surface area contributed by atoms with Gasteiger partial charge in [0, 0.05) is 17.4 Å². The normalized spacial score (nSPS) is 11.0. The van der Waals surface area contributed by atoms with E-state index in [0.29, 0.717) is 0 Å². The Kier molecular flexibility index (Phi) is 3.65. The summed E-state index contributed by atoms with van der Waals surface area (Å²) in [5.74, 6) is 1.11. The van der Waals surface area contributed by atoms with E-state index in [4.69, 9.17) is 4.98 Å². The van der Waals surface area contributed by atoms with E-state index in [1.807, 2.05) is 34.9 Å². The van der Waals surface area contributed by atoms with Gasteiger partial charge in [0.25, 0.3) is 0 Å².